The third-order valence-corrected chi connectivity index (χ3v) is 7.29. The highest BCUT2D eigenvalue weighted by Gasteiger charge is 2.32. The van der Waals surface area contributed by atoms with Crippen LogP contribution in [0.5, 0.6) is 0 Å². The van der Waals surface area contributed by atoms with Crippen LogP contribution in [0, 0.1) is 12.7 Å². The summed E-state index contributed by atoms with van der Waals surface area (Å²) in [6.45, 7) is 2.52. The quantitative estimate of drug-likeness (QED) is 0.305. The molecule has 2 aromatic heterocycles. The van der Waals surface area contributed by atoms with E-state index in [-0.39, 0.29) is 23.0 Å². The van der Waals surface area contributed by atoms with Gasteiger partial charge < -0.3 is 9.32 Å². The molecule has 5 rings (SSSR count). The molecule has 8 heteroatoms. The van der Waals surface area contributed by atoms with Crippen LogP contribution in [0.2, 0.25) is 5.22 Å². The first-order valence-electron chi connectivity index (χ1n) is 11.2. The van der Waals surface area contributed by atoms with Crippen LogP contribution in [-0.2, 0) is 6.42 Å². The lowest BCUT2D eigenvalue weighted by Crippen LogP contribution is -2.45. The molecule has 5 nitrogen and oxygen atoms in total. The van der Waals surface area contributed by atoms with Gasteiger partial charge >= 0.3 is 0 Å². The number of benzene rings is 2. The van der Waals surface area contributed by atoms with E-state index in [2.05, 4.69) is 9.97 Å². The van der Waals surface area contributed by atoms with Gasteiger partial charge in [0, 0.05) is 24.6 Å². The predicted octanol–water partition coefficient (Wildman–Crippen LogP) is 6.80. The van der Waals surface area contributed by atoms with Gasteiger partial charge in [-0.1, -0.05) is 42.5 Å². The fraction of sp³-hybridized carbons (Fsp3) is 0.269. The number of carbonyl (C=O) groups is 1. The van der Waals surface area contributed by atoms with E-state index in [0.29, 0.717) is 30.2 Å². The van der Waals surface area contributed by atoms with Crippen LogP contribution < -0.4 is 0 Å². The number of halogens is 2. The van der Waals surface area contributed by atoms with Gasteiger partial charge in [-0.05, 0) is 55.5 Å². The SMILES string of the molecule is Cc1nc(C(=O)N2CCCCC2Cc2nc(-c3ccccc3)c(Cl)o2)c(-c2ccc(F)cc2)s1. The van der Waals surface area contributed by atoms with Crippen molar-refractivity contribution in [1.82, 2.24) is 14.9 Å². The molecule has 0 aliphatic carbocycles. The van der Waals surface area contributed by atoms with E-state index in [1.165, 1.54) is 23.5 Å². The van der Waals surface area contributed by atoms with Gasteiger partial charge in [-0.25, -0.2) is 14.4 Å². The highest BCUT2D eigenvalue weighted by molar-refractivity contribution is 7.15. The zero-order chi connectivity index (χ0) is 23.7. The van der Waals surface area contributed by atoms with Crippen LogP contribution in [0.25, 0.3) is 21.7 Å². The smallest absolute Gasteiger partial charge is 0.274 e. The van der Waals surface area contributed by atoms with E-state index < -0.39 is 0 Å². The zero-order valence-electron chi connectivity index (χ0n) is 18.6. The maximum absolute atomic E-state index is 13.7. The summed E-state index contributed by atoms with van der Waals surface area (Å²) in [6, 6.07) is 15.8. The average Bonchev–Trinajstić information content (AvgIpc) is 3.42. The molecule has 0 spiro atoms. The van der Waals surface area contributed by atoms with Crippen molar-refractivity contribution in [3.8, 4) is 21.7 Å². The summed E-state index contributed by atoms with van der Waals surface area (Å²) in [5, 5.41) is 1.05. The lowest BCUT2D eigenvalue weighted by atomic mass is 9.98. The number of piperidine rings is 1. The van der Waals surface area contributed by atoms with E-state index in [4.69, 9.17) is 16.0 Å². The number of aryl methyl sites for hydroxylation is 1. The van der Waals surface area contributed by atoms with Crippen LogP contribution in [0.3, 0.4) is 0 Å². The van der Waals surface area contributed by atoms with E-state index in [0.717, 1.165) is 40.3 Å². The van der Waals surface area contributed by atoms with Crippen molar-refractivity contribution >= 4 is 28.8 Å². The van der Waals surface area contributed by atoms with Crippen molar-refractivity contribution in [3.05, 3.63) is 82.2 Å². The molecule has 1 fully saturated rings. The Morgan fingerprint density at radius 3 is 2.65 bits per heavy atom. The number of oxazole rings is 1. The maximum atomic E-state index is 13.7. The topological polar surface area (TPSA) is 59.2 Å². The molecular formula is C26H23ClFN3O2S. The van der Waals surface area contributed by atoms with Gasteiger partial charge in [-0.2, -0.15) is 0 Å². The molecular weight excluding hydrogens is 473 g/mol. The van der Waals surface area contributed by atoms with Crippen molar-refractivity contribution in [2.75, 3.05) is 6.54 Å². The Bertz CT molecular complexity index is 1300. The van der Waals surface area contributed by atoms with Crippen molar-refractivity contribution in [2.24, 2.45) is 0 Å². The number of amides is 1. The second-order valence-electron chi connectivity index (χ2n) is 8.37. The zero-order valence-corrected chi connectivity index (χ0v) is 20.2. The van der Waals surface area contributed by atoms with Crippen LogP contribution >= 0.6 is 22.9 Å². The molecule has 1 saturated heterocycles. The van der Waals surface area contributed by atoms with Crippen molar-refractivity contribution in [2.45, 2.75) is 38.6 Å². The molecule has 2 aromatic carbocycles. The molecule has 1 aliphatic heterocycles. The van der Waals surface area contributed by atoms with Crippen molar-refractivity contribution in [3.63, 3.8) is 0 Å². The van der Waals surface area contributed by atoms with Gasteiger partial charge in [0.15, 0.2) is 5.89 Å². The van der Waals surface area contributed by atoms with Crippen LogP contribution in [-0.4, -0.2) is 33.4 Å². The minimum Gasteiger partial charge on any atom is -0.429 e. The predicted molar refractivity (Wildman–Crippen MR) is 132 cm³/mol. The molecule has 0 bridgehead atoms. The Hall–Kier alpha value is -3.03. The van der Waals surface area contributed by atoms with Gasteiger partial charge in [0.05, 0.1) is 9.88 Å². The number of hydrogen-bond donors (Lipinski definition) is 0. The summed E-state index contributed by atoms with van der Waals surface area (Å²) in [6.07, 6.45) is 3.28. The Morgan fingerprint density at radius 1 is 1.12 bits per heavy atom. The van der Waals surface area contributed by atoms with Crippen LogP contribution in [0.15, 0.2) is 59.0 Å². The minimum atomic E-state index is -0.312. The fourth-order valence-corrected chi connectivity index (χ4v) is 5.55. The third-order valence-electron chi connectivity index (χ3n) is 6.02. The summed E-state index contributed by atoms with van der Waals surface area (Å²) in [5.74, 6) is 0.0875. The van der Waals surface area contributed by atoms with Crippen molar-refractivity contribution < 1.29 is 13.6 Å². The number of rotatable bonds is 5. The Labute approximate surface area is 206 Å². The van der Waals surface area contributed by atoms with E-state index in [1.54, 1.807) is 12.1 Å². The number of likely N-dealkylation sites (tertiary alicyclic amines) is 1. The number of hydrogen-bond acceptors (Lipinski definition) is 5. The Morgan fingerprint density at radius 2 is 1.88 bits per heavy atom. The molecule has 4 aromatic rings. The number of aromatic nitrogens is 2. The van der Waals surface area contributed by atoms with E-state index in [1.807, 2.05) is 42.2 Å². The molecule has 34 heavy (non-hydrogen) atoms. The molecule has 1 amide bonds. The molecule has 0 N–H and O–H groups in total. The summed E-state index contributed by atoms with van der Waals surface area (Å²) >= 11 is 7.79. The molecule has 0 radical (unpaired) electrons. The molecule has 1 atom stereocenters. The van der Waals surface area contributed by atoms with E-state index >= 15 is 0 Å². The summed E-state index contributed by atoms with van der Waals surface area (Å²) in [7, 11) is 0. The first kappa shape index (κ1) is 22.7. The molecule has 1 unspecified atom stereocenters. The number of nitrogens with zero attached hydrogens (tertiary/aromatic N) is 3. The second-order valence-corrected chi connectivity index (χ2v) is 9.91. The highest BCUT2D eigenvalue weighted by Crippen LogP contribution is 2.34. The number of thiazole rings is 1. The maximum Gasteiger partial charge on any atom is 0.274 e. The third kappa shape index (κ3) is 4.63. The van der Waals surface area contributed by atoms with Crippen molar-refractivity contribution in [1.29, 1.82) is 0 Å². The largest absolute Gasteiger partial charge is 0.429 e. The van der Waals surface area contributed by atoms with E-state index in [9.17, 15) is 9.18 Å². The van der Waals surface area contributed by atoms with Gasteiger partial charge in [0.25, 0.3) is 5.91 Å². The fourth-order valence-electron chi connectivity index (χ4n) is 4.39. The molecule has 174 valence electrons. The Balaban J connectivity index is 1.41. The Kier molecular flexibility index (Phi) is 6.48. The van der Waals surface area contributed by atoms with Crippen LogP contribution in [0.4, 0.5) is 4.39 Å². The second kappa shape index (κ2) is 9.68. The molecule has 3 heterocycles. The summed E-state index contributed by atoms with van der Waals surface area (Å²) in [4.78, 5) is 25.5. The average molecular weight is 496 g/mol. The van der Waals surface area contributed by atoms with Gasteiger partial charge in [-0.15, -0.1) is 11.3 Å². The first-order valence-corrected chi connectivity index (χ1v) is 12.4. The first-order chi connectivity index (χ1) is 16.5. The van der Waals surface area contributed by atoms with Gasteiger partial charge in [0.2, 0.25) is 5.22 Å². The molecule has 0 saturated carbocycles. The lowest BCUT2D eigenvalue weighted by Gasteiger charge is -2.35. The van der Waals surface area contributed by atoms with Gasteiger partial charge in [0.1, 0.15) is 17.2 Å². The van der Waals surface area contributed by atoms with Crippen LogP contribution in [0.1, 0.15) is 40.6 Å². The normalized spacial score (nSPS) is 16.1. The monoisotopic (exact) mass is 495 g/mol. The summed E-state index contributed by atoms with van der Waals surface area (Å²) in [5.41, 5.74) is 2.70. The lowest BCUT2D eigenvalue weighted by molar-refractivity contribution is 0.0601. The molecule has 1 aliphatic rings. The standard InChI is InChI=1S/C26H23ClFN3O2S/c1-16-29-23(24(34-16)18-10-12-19(28)13-11-18)26(32)31-14-6-5-9-20(31)15-21-30-22(25(27)33-21)17-7-3-2-4-8-17/h2-4,7-8,10-13,20H,5-6,9,14-15H2,1H3. The highest BCUT2D eigenvalue weighted by atomic mass is 35.5. The summed E-state index contributed by atoms with van der Waals surface area (Å²) < 4.78 is 19.2. The number of carbonyl (C=O) groups excluding carboxylic acids is 1. The minimum absolute atomic E-state index is 0.0670. The van der Waals surface area contributed by atoms with Gasteiger partial charge in [-0.3, -0.25) is 4.79 Å².